The van der Waals surface area contributed by atoms with E-state index in [2.05, 4.69) is 16.6 Å². The molecule has 0 radical (unpaired) electrons. The van der Waals surface area contributed by atoms with Crippen LogP contribution in [-0.2, 0) is 14.3 Å². The quantitative estimate of drug-likeness (QED) is 0.515. The molecule has 0 aliphatic heterocycles. The first-order valence-electron chi connectivity index (χ1n) is 4.52. The minimum atomic E-state index is -1.25. The van der Waals surface area contributed by atoms with Gasteiger partial charge in [0.1, 0.15) is 12.6 Å². The second-order valence-corrected chi connectivity index (χ2v) is 2.93. The number of ether oxygens (including phenoxy) is 1. The summed E-state index contributed by atoms with van der Waals surface area (Å²) in [6.45, 7) is 3.30. The van der Waals surface area contributed by atoms with Gasteiger partial charge in [0.15, 0.2) is 0 Å². The number of hydrogen-bond acceptors (Lipinski definition) is 4. The molecule has 7 heteroatoms. The molecule has 90 valence electrons. The van der Waals surface area contributed by atoms with Crippen LogP contribution >= 0.6 is 0 Å². The van der Waals surface area contributed by atoms with Crippen LogP contribution in [0.4, 0.5) is 4.79 Å². The van der Waals surface area contributed by atoms with Crippen molar-refractivity contribution in [2.75, 3.05) is 6.61 Å². The first-order valence-corrected chi connectivity index (χ1v) is 4.52. The molecule has 0 aliphatic rings. The monoisotopic (exact) mass is 230 g/mol. The van der Waals surface area contributed by atoms with Crippen molar-refractivity contribution in [3.05, 3.63) is 12.7 Å². The average molecular weight is 230 g/mol. The number of carbonyl (C=O) groups is 3. The molecule has 7 nitrogen and oxygen atoms in total. The van der Waals surface area contributed by atoms with Crippen LogP contribution in [-0.4, -0.2) is 35.7 Å². The highest BCUT2D eigenvalue weighted by molar-refractivity contribution is 5.81. The predicted molar refractivity (Wildman–Crippen MR) is 54.5 cm³/mol. The van der Waals surface area contributed by atoms with E-state index >= 15 is 0 Å². The number of aliphatic carboxylic acids is 1. The molecule has 0 spiro atoms. The highest BCUT2D eigenvalue weighted by atomic mass is 16.5. The lowest BCUT2D eigenvalue weighted by Gasteiger charge is -2.12. The van der Waals surface area contributed by atoms with Crippen molar-refractivity contribution in [3.63, 3.8) is 0 Å². The summed E-state index contributed by atoms with van der Waals surface area (Å²) in [5.74, 6) is -1.88. The topological polar surface area (TPSA) is 119 Å². The summed E-state index contributed by atoms with van der Waals surface area (Å²) in [7, 11) is 0. The van der Waals surface area contributed by atoms with E-state index in [4.69, 9.17) is 10.8 Å². The second kappa shape index (κ2) is 7.27. The van der Waals surface area contributed by atoms with Gasteiger partial charge >= 0.3 is 12.1 Å². The molecule has 0 unspecified atom stereocenters. The third-order valence-electron chi connectivity index (χ3n) is 1.60. The van der Waals surface area contributed by atoms with E-state index in [1.54, 1.807) is 0 Å². The molecule has 0 aromatic heterocycles. The third-order valence-corrected chi connectivity index (χ3v) is 1.60. The Morgan fingerprint density at radius 3 is 2.56 bits per heavy atom. The van der Waals surface area contributed by atoms with E-state index in [0.717, 1.165) is 0 Å². The molecule has 0 aromatic carbocycles. The largest absolute Gasteiger partial charge is 0.480 e. The van der Waals surface area contributed by atoms with E-state index in [1.165, 1.54) is 6.08 Å². The van der Waals surface area contributed by atoms with Crippen molar-refractivity contribution in [3.8, 4) is 0 Å². The molecule has 0 fully saturated rings. The normalized spacial score (nSPS) is 11.2. The zero-order valence-electron chi connectivity index (χ0n) is 8.64. The number of carbonyl (C=O) groups excluding carboxylic acids is 2. The zero-order valence-corrected chi connectivity index (χ0v) is 8.64. The fourth-order valence-electron chi connectivity index (χ4n) is 0.863. The number of primary amides is 1. The van der Waals surface area contributed by atoms with Gasteiger partial charge in [-0.1, -0.05) is 12.7 Å². The Labute approximate surface area is 92.3 Å². The number of nitrogens with one attached hydrogen (secondary N) is 1. The highest BCUT2D eigenvalue weighted by Crippen LogP contribution is 1.98. The van der Waals surface area contributed by atoms with Crippen LogP contribution in [0, 0.1) is 0 Å². The Kier molecular flexibility index (Phi) is 6.34. The second-order valence-electron chi connectivity index (χ2n) is 2.93. The highest BCUT2D eigenvalue weighted by Gasteiger charge is 2.20. The standard InChI is InChI=1S/C9H14N2O5/c1-2-5-16-9(15)11-6(8(13)14)3-4-7(10)12/h2,6H,1,3-5H2,(H2,10,12)(H,11,15)(H,13,14)/t6-/m0/s1. The molecule has 0 saturated carbocycles. The molecular weight excluding hydrogens is 216 g/mol. The number of nitrogens with two attached hydrogens (primary N) is 1. The third kappa shape index (κ3) is 6.41. The van der Waals surface area contributed by atoms with Gasteiger partial charge in [-0.3, -0.25) is 4.79 Å². The molecule has 0 bridgehead atoms. The molecule has 16 heavy (non-hydrogen) atoms. The Hall–Kier alpha value is -2.05. The maximum Gasteiger partial charge on any atom is 0.408 e. The van der Waals surface area contributed by atoms with Crippen molar-refractivity contribution >= 4 is 18.0 Å². The maximum absolute atomic E-state index is 11.0. The first-order chi connectivity index (χ1) is 7.47. The number of rotatable bonds is 7. The van der Waals surface area contributed by atoms with E-state index in [9.17, 15) is 14.4 Å². The van der Waals surface area contributed by atoms with Crippen LogP contribution < -0.4 is 11.1 Å². The molecule has 0 rings (SSSR count). The number of amides is 2. The van der Waals surface area contributed by atoms with Gasteiger partial charge in [0.2, 0.25) is 5.91 Å². The van der Waals surface area contributed by atoms with Crippen LogP contribution in [0.25, 0.3) is 0 Å². The van der Waals surface area contributed by atoms with Gasteiger partial charge in [-0.2, -0.15) is 0 Å². The van der Waals surface area contributed by atoms with Gasteiger partial charge in [0.25, 0.3) is 0 Å². The van der Waals surface area contributed by atoms with Gasteiger partial charge in [-0.15, -0.1) is 0 Å². The van der Waals surface area contributed by atoms with Crippen molar-refractivity contribution < 1.29 is 24.2 Å². The summed E-state index contributed by atoms with van der Waals surface area (Å²) in [5.41, 5.74) is 4.86. The molecule has 0 heterocycles. The average Bonchev–Trinajstić information content (AvgIpc) is 2.20. The van der Waals surface area contributed by atoms with Crippen LogP contribution in [0.3, 0.4) is 0 Å². The van der Waals surface area contributed by atoms with E-state index in [-0.39, 0.29) is 19.4 Å². The Morgan fingerprint density at radius 2 is 2.12 bits per heavy atom. The van der Waals surface area contributed by atoms with E-state index < -0.39 is 24.0 Å². The lowest BCUT2D eigenvalue weighted by atomic mass is 10.1. The maximum atomic E-state index is 11.0. The summed E-state index contributed by atoms with van der Waals surface area (Å²) >= 11 is 0. The van der Waals surface area contributed by atoms with E-state index in [0.29, 0.717) is 0 Å². The van der Waals surface area contributed by atoms with Gasteiger partial charge < -0.3 is 20.9 Å². The van der Waals surface area contributed by atoms with Crippen LogP contribution in [0.1, 0.15) is 12.8 Å². The number of carboxylic acid groups (broad SMARTS) is 1. The van der Waals surface area contributed by atoms with Crippen LogP contribution in [0.2, 0.25) is 0 Å². The SMILES string of the molecule is C=CCOC(=O)N[C@@H](CCC(N)=O)C(=O)O. The summed E-state index contributed by atoms with van der Waals surface area (Å²) in [5, 5.41) is 10.8. The smallest absolute Gasteiger partial charge is 0.408 e. The Morgan fingerprint density at radius 1 is 1.50 bits per heavy atom. The summed E-state index contributed by atoms with van der Waals surface area (Å²) in [4.78, 5) is 32.1. The number of hydrogen-bond donors (Lipinski definition) is 3. The molecule has 0 aliphatic carbocycles. The van der Waals surface area contributed by atoms with Crippen LogP contribution in [0.5, 0.6) is 0 Å². The summed E-state index contributed by atoms with van der Waals surface area (Å²) < 4.78 is 4.53. The predicted octanol–water partition coefficient (Wildman–Crippen LogP) is -0.383. The van der Waals surface area contributed by atoms with Gasteiger partial charge in [0.05, 0.1) is 0 Å². The molecule has 2 amide bonds. The number of alkyl carbamates (subject to hydrolysis) is 1. The van der Waals surface area contributed by atoms with Crippen molar-refractivity contribution in [2.45, 2.75) is 18.9 Å². The van der Waals surface area contributed by atoms with Crippen molar-refractivity contribution in [1.82, 2.24) is 5.32 Å². The minimum Gasteiger partial charge on any atom is -0.480 e. The summed E-state index contributed by atoms with van der Waals surface area (Å²) in [6, 6.07) is -1.19. The Balaban J connectivity index is 4.11. The first kappa shape index (κ1) is 13.9. The molecule has 4 N–H and O–H groups in total. The molecule has 0 saturated heterocycles. The van der Waals surface area contributed by atoms with Gasteiger partial charge in [0, 0.05) is 6.42 Å². The lowest BCUT2D eigenvalue weighted by molar-refractivity contribution is -0.139. The fraction of sp³-hybridized carbons (Fsp3) is 0.444. The van der Waals surface area contributed by atoms with E-state index in [1.807, 2.05) is 0 Å². The Bertz CT molecular complexity index is 290. The summed E-state index contributed by atoms with van der Waals surface area (Å²) in [6.07, 6.45) is 0.266. The number of carboxylic acids is 1. The van der Waals surface area contributed by atoms with Gasteiger partial charge in [-0.05, 0) is 6.42 Å². The molecule has 1 atom stereocenters. The lowest BCUT2D eigenvalue weighted by Crippen LogP contribution is -2.41. The molecular formula is C9H14N2O5. The van der Waals surface area contributed by atoms with Crippen molar-refractivity contribution in [2.24, 2.45) is 5.73 Å². The van der Waals surface area contributed by atoms with Crippen molar-refractivity contribution in [1.29, 1.82) is 0 Å². The molecule has 0 aromatic rings. The fourth-order valence-corrected chi connectivity index (χ4v) is 0.863. The van der Waals surface area contributed by atoms with Gasteiger partial charge in [-0.25, -0.2) is 9.59 Å². The van der Waals surface area contributed by atoms with Crippen LogP contribution in [0.15, 0.2) is 12.7 Å². The zero-order chi connectivity index (χ0) is 12.6. The minimum absolute atomic E-state index is 0.0198.